The molecule has 0 atom stereocenters. The van der Waals surface area contributed by atoms with E-state index in [4.69, 9.17) is 9.47 Å². The smallest absolute Gasteiger partial charge is 0.407 e. The third-order valence-corrected chi connectivity index (χ3v) is 3.98. The van der Waals surface area contributed by atoms with Gasteiger partial charge in [-0.3, -0.25) is 0 Å². The molecule has 0 radical (unpaired) electrons. The molecule has 6 heteroatoms. The van der Waals surface area contributed by atoms with E-state index in [9.17, 15) is 13.6 Å². The van der Waals surface area contributed by atoms with Gasteiger partial charge >= 0.3 is 6.09 Å². The lowest BCUT2D eigenvalue weighted by Gasteiger charge is -2.40. The van der Waals surface area contributed by atoms with Crippen molar-refractivity contribution in [3.05, 3.63) is 0 Å². The largest absolute Gasteiger partial charge is 0.444 e. The van der Waals surface area contributed by atoms with E-state index in [1.807, 2.05) is 0 Å². The molecule has 0 aromatic carbocycles. The Kier molecular flexibility index (Phi) is 3.97. The zero-order valence-corrected chi connectivity index (χ0v) is 12.3. The number of alkyl carbamates (subject to hydrolysis) is 1. The van der Waals surface area contributed by atoms with Crippen molar-refractivity contribution in [2.24, 2.45) is 0 Å². The summed E-state index contributed by atoms with van der Waals surface area (Å²) in [6.07, 6.45) is 0.861. The van der Waals surface area contributed by atoms with Crippen molar-refractivity contribution in [1.29, 1.82) is 0 Å². The minimum atomic E-state index is -2.75. The van der Waals surface area contributed by atoms with Gasteiger partial charge in [0.15, 0.2) is 0 Å². The molecular weight excluding hydrogens is 268 g/mol. The van der Waals surface area contributed by atoms with Crippen LogP contribution in [-0.2, 0) is 9.47 Å². The fourth-order valence-corrected chi connectivity index (χ4v) is 2.92. The number of rotatable bonds is 1. The Morgan fingerprint density at radius 1 is 1.25 bits per heavy atom. The first-order chi connectivity index (χ1) is 9.14. The van der Waals surface area contributed by atoms with Crippen LogP contribution in [0.1, 0.15) is 52.9 Å². The van der Waals surface area contributed by atoms with E-state index in [0.717, 1.165) is 0 Å². The average molecular weight is 291 g/mol. The fourth-order valence-electron chi connectivity index (χ4n) is 2.92. The number of hydrogen-bond donors (Lipinski definition) is 1. The van der Waals surface area contributed by atoms with Crippen LogP contribution in [0.2, 0.25) is 0 Å². The first-order valence-electron chi connectivity index (χ1n) is 7.15. The van der Waals surface area contributed by atoms with Gasteiger partial charge in [0.25, 0.3) is 5.92 Å². The van der Waals surface area contributed by atoms with Crippen molar-refractivity contribution < 1.29 is 23.0 Å². The number of halogens is 2. The van der Waals surface area contributed by atoms with Gasteiger partial charge in [0.1, 0.15) is 11.2 Å². The lowest BCUT2D eigenvalue weighted by atomic mass is 9.78. The molecule has 1 saturated heterocycles. The predicted molar refractivity (Wildman–Crippen MR) is 69.9 cm³/mol. The number of alkyl halides is 2. The van der Waals surface area contributed by atoms with Crippen molar-refractivity contribution >= 4 is 6.09 Å². The summed E-state index contributed by atoms with van der Waals surface area (Å²) in [4.78, 5) is 11.7. The second-order valence-electron chi connectivity index (χ2n) is 6.72. The molecule has 0 aromatic rings. The molecule has 1 spiro atoms. The summed E-state index contributed by atoms with van der Waals surface area (Å²) in [6.45, 7) is 5.48. The molecule has 4 nitrogen and oxygen atoms in total. The van der Waals surface area contributed by atoms with Gasteiger partial charge in [-0.15, -0.1) is 0 Å². The number of hydrogen-bond acceptors (Lipinski definition) is 3. The highest BCUT2D eigenvalue weighted by Crippen LogP contribution is 2.49. The first kappa shape index (κ1) is 15.5. The molecular formula is C14H23F2NO3. The zero-order chi connectivity index (χ0) is 15.0. The van der Waals surface area contributed by atoms with E-state index in [2.05, 4.69) is 5.32 Å². The van der Waals surface area contributed by atoms with Crippen LogP contribution in [0.4, 0.5) is 13.6 Å². The molecule has 0 bridgehead atoms. The van der Waals surface area contributed by atoms with Crippen LogP contribution in [0.3, 0.4) is 0 Å². The molecule has 2 aliphatic rings. The van der Waals surface area contributed by atoms with Gasteiger partial charge in [0, 0.05) is 12.5 Å². The highest BCUT2D eigenvalue weighted by molar-refractivity contribution is 5.68. The Morgan fingerprint density at radius 3 is 2.30 bits per heavy atom. The third-order valence-electron chi connectivity index (χ3n) is 3.98. The normalized spacial score (nSPS) is 33.1. The molecule has 20 heavy (non-hydrogen) atoms. The zero-order valence-electron chi connectivity index (χ0n) is 12.3. The van der Waals surface area contributed by atoms with Crippen LogP contribution in [-0.4, -0.2) is 35.9 Å². The van der Waals surface area contributed by atoms with Gasteiger partial charge in [-0.05, 0) is 46.5 Å². The molecule has 1 heterocycles. The van der Waals surface area contributed by atoms with Gasteiger partial charge in [-0.2, -0.15) is 0 Å². The number of carbonyl (C=O) groups excluding carboxylic acids is 1. The predicted octanol–water partition coefficient (Wildman–Crippen LogP) is 3.25. The van der Waals surface area contributed by atoms with Crippen LogP contribution in [0.15, 0.2) is 0 Å². The highest BCUT2D eigenvalue weighted by atomic mass is 19.3. The Hall–Kier alpha value is -0.910. The molecule has 1 saturated carbocycles. The van der Waals surface area contributed by atoms with Crippen molar-refractivity contribution in [3.8, 4) is 0 Å². The summed E-state index contributed by atoms with van der Waals surface area (Å²) in [7, 11) is 0. The van der Waals surface area contributed by atoms with E-state index >= 15 is 0 Å². The lowest BCUT2D eigenvalue weighted by Crippen LogP contribution is -2.51. The summed E-state index contributed by atoms with van der Waals surface area (Å²) in [5.74, 6) is -2.75. The van der Waals surface area contributed by atoms with Crippen molar-refractivity contribution in [1.82, 2.24) is 5.32 Å². The van der Waals surface area contributed by atoms with Gasteiger partial charge in [-0.25, -0.2) is 13.6 Å². The maximum Gasteiger partial charge on any atom is 0.407 e. The molecule has 116 valence electrons. The minimum absolute atomic E-state index is 0.115. The minimum Gasteiger partial charge on any atom is -0.444 e. The van der Waals surface area contributed by atoms with Crippen LogP contribution in [0, 0.1) is 0 Å². The number of ether oxygens (including phenoxy) is 2. The summed E-state index contributed by atoms with van der Waals surface area (Å²) < 4.78 is 38.2. The quantitative estimate of drug-likeness (QED) is 0.806. The highest BCUT2D eigenvalue weighted by Gasteiger charge is 2.59. The van der Waals surface area contributed by atoms with Crippen LogP contribution in [0.5, 0.6) is 0 Å². The summed E-state index contributed by atoms with van der Waals surface area (Å²) in [5.41, 5.74) is -1.86. The second-order valence-corrected chi connectivity index (χ2v) is 6.72. The second kappa shape index (κ2) is 5.13. The number of nitrogens with one attached hydrogen (secondary N) is 1. The summed E-state index contributed by atoms with van der Waals surface area (Å²) >= 11 is 0. The maximum absolute atomic E-state index is 13.9. The van der Waals surface area contributed by atoms with E-state index in [-0.39, 0.29) is 31.9 Å². The summed E-state index contributed by atoms with van der Waals surface area (Å²) in [6, 6.07) is -0.115. The number of carbonyl (C=O) groups is 1. The van der Waals surface area contributed by atoms with Gasteiger partial charge in [-0.1, -0.05) is 0 Å². The van der Waals surface area contributed by atoms with E-state index in [1.165, 1.54) is 0 Å². The first-order valence-corrected chi connectivity index (χ1v) is 7.15. The van der Waals surface area contributed by atoms with Crippen molar-refractivity contribution in [2.45, 2.75) is 76.0 Å². The molecule has 2 rings (SSSR count). The monoisotopic (exact) mass is 291 g/mol. The molecule has 1 aliphatic heterocycles. The molecule has 1 aliphatic carbocycles. The Morgan fingerprint density at radius 2 is 1.85 bits per heavy atom. The Bertz CT molecular complexity index is 371. The fraction of sp³-hybridized carbons (Fsp3) is 0.929. The maximum atomic E-state index is 13.9. The van der Waals surface area contributed by atoms with Gasteiger partial charge in [0.2, 0.25) is 0 Å². The van der Waals surface area contributed by atoms with Gasteiger partial charge < -0.3 is 14.8 Å². The SMILES string of the molecule is CC(C)(C)OC(=O)NC1CCC2(CC1)OCCC2(F)F. The molecule has 0 aromatic heterocycles. The summed E-state index contributed by atoms with van der Waals surface area (Å²) in [5, 5.41) is 2.75. The molecule has 1 amide bonds. The number of amides is 1. The van der Waals surface area contributed by atoms with Crippen molar-refractivity contribution in [2.75, 3.05) is 6.61 Å². The topological polar surface area (TPSA) is 47.6 Å². The Labute approximate surface area is 118 Å². The van der Waals surface area contributed by atoms with E-state index in [1.54, 1.807) is 20.8 Å². The van der Waals surface area contributed by atoms with Crippen LogP contribution < -0.4 is 5.32 Å². The van der Waals surface area contributed by atoms with E-state index < -0.39 is 23.2 Å². The lowest BCUT2D eigenvalue weighted by molar-refractivity contribution is -0.164. The van der Waals surface area contributed by atoms with Crippen LogP contribution in [0.25, 0.3) is 0 Å². The molecule has 0 unspecified atom stereocenters. The van der Waals surface area contributed by atoms with Gasteiger partial charge in [0.05, 0.1) is 6.61 Å². The van der Waals surface area contributed by atoms with Crippen molar-refractivity contribution in [3.63, 3.8) is 0 Å². The third kappa shape index (κ3) is 3.22. The van der Waals surface area contributed by atoms with Crippen LogP contribution >= 0.6 is 0 Å². The standard InChI is InChI=1S/C14H23F2NO3/c1-12(2,3)20-11(18)17-10-4-6-13(7-5-10)14(15,16)8-9-19-13/h10H,4-9H2,1-3H3,(H,17,18). The Balaban J connectivity index is 1.85. The van der Waals surface area contributed by atoms with E-state index in [0.29, 0.717) is 12.8 Å². The molecule has 2 fully saturated rings. The molecule has 1 N–H and O–H groups in total. The average Bonchev–Trinajstić information content (AvgIpc) is 2.55.